The zero-order chi connectivity index (χ0) is 17.5. The van der Waals surface area contributed by atoms with Gasteiger partial charge in [-0.1, -0.05) is 39.8 Å². The van der Waals surface area contributed by atoms with Crippen molar-refractivity contribution < 1.29 is 9.47 Å². The van der Waals surface area contributed by atoms with Crippen molar-refractivity contribution in [2.75, 3.05) is 19.9 Å². The van der Waals surface area contributed by atoms with Crippen molar-refractivity contribution in [1.82, 2.24) is 4.90 Å². The van der Waals surface area contributed by atoms with Crippen LogP contribution in [0.3, 0.4) is 0 Å². The molecule has 0 saturated carbocycles. The van der Waals surface area contributed by atoms with Crippen LogP contribution in [0, 0.1) is 5.41 Å². The minimum Gasteiger partial charge on any atom is -0.454 e. The molecule has 1 aromatic carbocycles. The molecule has 0 aliphatic carbocycles. The largest absolute Gasteiger partial charge is 0.454 e. The molecule has 3 heteroatoms. The Morgan fingerprint density at radius 2 is 1.17 bits per heavy atom. The van der Waals surface area contributed by atoms with E-state index < -0.39 is 0 Å². The molecule has 3 rings (SSSR count). The highest BCUT2D eigenvalue weighted by molar-refractivity contribution is 5.40. The van der Waals surface area contributed by atoms with Crippen LogP contribution in [-0.4, -0.2) is 30.3 Å². The number of benzene rings is 1. The highest BCUT2D eigenvalue weighted by Gasteiger charge is 2.23. The van der Waals surface area contributed by atoms with Crippen LogP contribution in [-0.2, 0) is 0 Å². The standard InChI is InChI=1S/C8H17N.C7H6O2.C5H12/c1-8(2,3)9-6-4-5-7-9;1-2-4-7-6(3-1)8-5-9-7;1-5(2,3)4/h4-7H2,1-3H3;1-4H,5H2;1-4H3. The van der Waals surface area contributed by atoms with Crippen molar-refractivity contribution in [3.8, 4) is 11.5 Å². The second-order valence-electron chi connectivity index (χ2n) is 8.72. The van der Waals surface area contributed by atoms with E-state index in [0.29, 0.717) is 17.7 Å². The third kappa shape index (κ3) is 8.85. The third-order valence-electron chi connectivity index (χ3n) is 3.33. The zero-order valence-electron chi connectivity index (χ0n) is 16.1. The van der Waals surface area contributed by atoms with E-state index in [1.54, 1.807) is 0 Å². The van der Waals surface area contributed by atoms with Gasteiger partial charge in [0.1, 0.15) is 0 Å². The summed E-state index contributed by atoms with van der Waals surface area (Å²) in [5.41, 5.74) is 0.913. The van der Waals surface area contributed by atoms with E-state index in [9.17, 15) is 0 Å². The molecule has 0 unspecified atom stereocenters. The summed E-state index contributed by atoms with van der Waals surface area (Å²) >= 11 is 0. The fourth-order valence-electron chi connectivity index (χ4n) is 2.23. The Morgan fingerprint density at radius 3 is 1.48 bits per heavy atom. The number of nitrogens with zero attached hydrogens (tertiary/aromatic N) is 1. The van der Waals surface area contributed by atoms with Gasteiger partial charge in [-0.15, -0.1) is 0 Å². The molecule has 0 radical (unpaired) electrons. The average Bonchev–Trinajstić information content (AvgIpc) is 3.08. The molecule has 0 aromatic heterocycles. The molecule has 1 aromatic rings. The van der Waals surface area contributed by atoms with Gasteiger partial charge in [-0.2, -0.15) is 0 Å². The van der Waals surface area contributed by atoms with Crippen LogP contribution in [0.5, 0.6) is 11.5 Å². The molecule has 2 aliphatic rings. The quantitative estimate of drug-likeness (QED) is 0.643. The van der Waals surface area contributed by atoms with Crippen LogP contribution < -0.4 is 9.47 Å². The molecular formula is C20H35NO2. The Bertz CT molecular complexity index is 422. The van der Waals surface area contributed by atoms with E-state index in [0.717, 1.165) is 11.5 Å². The van der Waals surface area contributed by atoms with Crippen LogP contribution in [0.1, 0.15) is 61.3 Å². The van der Waals surface area contributed by atoms with E-state index in [1.165, 1.54) is 25.9 Å². The van der Waals surface area contributed by atoms with Crippen molar-refractivity contribution in [2.24, 2.45) is 5.41 Å². The number of para-hydroxylation sites is 2. The molecule has 0 bridgehead atoms. The summed E-state index contributed by atoms with van der Waals surface area (Å²) in [6, 6.07) is 7.63. The first-order valence-corrected chi connectivity index (χ1v) is 8.67. The minimum absolute atomic E-state index is 0.360. The Hall–Kier alpha value is -1.22. The number of ether oxygens (including phenoxy) is 2. The maximum Gasteiger partial charge on any atom is 0.231 e. The van der Waals surface area contributed by atoms with Gasteiger partial charge in [0.05, 0.1) is 0 Å². The lowest BCUT2D eigenvalue weighted by Gasteiger charge is -2.31. The minimum atomic E-state index is 0.360. The first kappa shape index (κ1) is 19.8. The number of hydrogen-bond acceptors (Lipinski definition) is 3. The number of hydrogen-bond donors (Lipinski definition) is 0. The highest BCUT2D eigenvalue weighted by atomic mass is 16.7. The summed E-state index contributed by atoms with van der Waals surface area (Å²) < 4.78 is 10.2. The lowest BCUT2D eigenvalue weighted by atomic mass is 10.0. The fraction of sp³-hybridized carbons (Fsp3) is 0.700. The maximum absolute atomic E-state index is 5.08. The normalized spacial score (nSPS) is 17.0. The Labute approximate surface area is 143 Å². The molecular weight excluding hydrogens is 286 g/mol. The summed E-state index contributed by atoms with van der Waals surface area (Å²) in [4.78, 5) is 2.55. The van der Waals surface area contributed by atoms with Crippen molar-refractivity contribution in [1.29, 1.82) is 0 Å². The van der Waals surface area contributed by atoms with E-state index in [-0.39, 0.29) is 0 Å². The fourth-order valence-corrected chi connectivity index (χ4v) is 2.23. The van der Waals surface area contributed by atoms with Crippen molar-refractivity contribution in [2.45, 2.75) is 66.8 Å². The van der Waals surface area contributed by atoms with Crippen LogP contribution in [0.25, 0.3) is 0 Å². The molecule has 23 heavy (non-hydrogen) atoms. The summed E-state index contributed by atoms with van der Waals surface area (Å²) in [5.74, 6) is 1.69. The maximum atomic E-state index is 5.08. The third-order valence-corrected chi connectivity index (χ3v) is 3.33. The van der Waals surface area contributed by atoms with Crippen LogP contribution in [0.4, 0.5) is 0 Å². The van der Waals surface area contributed by atoms with Gasteiger partial charge < -0.3 is 9.47 Å². The molecule has 1 saturated heterocycles. The SMILES string of the molecule is CC(C)(C)C.CC(C)(C)N1CCCC1.c1ccc2c(c1)OCO2. The molecule has 2 heterocycles. The van der Waals surface area contributed by atoms with E-state index in [1.807, 2.05) is 24.3 Å². The number of likely N-dealkylation sites (tertiary alicyclic amines) is 1. The van der Waals surface area contributed by atoms with Crippen LogP contribution in [0.15, 0.2) is 24.3 Å². The average molecular weight is 322 g/mol. The van der Waals surface area contributed by atoms with Crippen molar-refractivity contribution in [3.05, 3.63) is 24.3 Å². The zero-order valence-corrected chi connectivity index (χ0v) is 16.1. The van der Waals surface area contributed by atoms with Gasteiger partial charge in [0.25, 0.3) is 0 Å². The lowest BCUT2D eigenvalue weighted by molar-refractivity contribution is 0.174. The lowest BCUT2D eigenvalue weighted by Crippen LogP contribution is -2.38. The van der Waals surface area contributed by atoms with Gasteiger partial charge >= 0.3 is 0 Å². The highest BCUT2D eigenvalue weighted by Crippen LogP contribution is 2.30. The molecule has 2 aliphatic heterocycles. The van der Waals surface area contributed by atoms with Crippen LogP contribution in [0.2, 0.25) is 0 Å². The molecule has 0 N–H and O–H groups in total. The molecule has 0 spiro atoms. The van der Waals surface area contributed by atoms with E-state index in [4.69, 9.17) is 9.47 Å². The Morgan fingerprint density at radius 1 is 0.783 bits per heavy atom. The van der Waals surface area contributed by atoms with Gasteiger partial charge in [0, 0.05) is 5.54 Å². The first-order valence-electron chi connectivity index (χ1n) is 8.67. The van der Waals surface area contributed by atoms with Crippen molar-refractivity contribution in [3.63, 3.8) is 0 Å². The van der Waals surface area contributed by atoms with Gasteiger partial charge in [0.15, 0.2) is 11.5 Å². The monoisotopic (exact) mass is 321 g/mol. The topological polar surface area (TPSA) is 21.7 Å². The smallest absolute Gasteiger partial charge is 0.231 e. The molecule has 0 amide bonds. The van der Waals surface area contributed by atoms with E-state index >= 15 is 0 Å². The predicted molar refractivity (Wildman–Crippen MR) is 98.3 cm³/mol. The molecule has 0 atom stereocenters. The second kappa shape index (κ2) is 8.58. The van der Waals surface area contributed by atoms with Crippen molar-refractivity contribution >= 4 is 0 Å². The first-order chi connectivity index (χ1) is 10.6. The summed E-state index contributed by atoms with van der Waals surface area (Å²) in [6.07, 6.45) is 2.80. The Kier molecular flexibility index (Phi) is 7.40. The summed E-state index contributed by atoms with van der Waals surface area (Å²) in [7, 11) is 0. The second-order valence-corrected chi connectivity index (χ2v) is 8.72. The van der Waals surface area contributed by atoms with Gasteiger partial charge in [0.2, 0.25) is 6.79 Å². The molecule has 3 nitrogen and oxygen atoms in total. The Balaban J connectivity index is 0.000000182. The molecule has 1 fully saturated rings. The van der Waals surface area contributed by atoms with Crippen LogP contribution >= 0.6 is 0 Å². The summed E-state index contributed by atoms with van der Waals surface area (Å²) in [5, 5.41) is 0. The van der Waals surface area contributed by atoms with Gasteiger partial charge in [-0.05, 0) is 64.3 Å². The van der Waals surface area contributed by atoms with Gasteiger partial charge in [-0.3, -0.25) is 4.90 Å². The van der Waals surface area contributed by atoms with E-state index in [2.05, 4.69) is 53.4 Å². The predicted octanol–water partition coefficient (Wildman–Crippen LogP) is 5.35. The summed E-state index contributed by atoms with van der Waals surface area (Å²) in [6.45, 7) is 18.6. The van der Waals surface area contributed by atoms with Gasteiger partial charge in [-0.25, -0.2) is 0 Å². The number of rotatable bonds is 0. The number of fused-ring (bicyclic) bond motifs is 1. The molecule has 132 valence electrons.